The van der Waals surface area contributed by atoms with Gasteiger partial charge in [-0.2, -0.15) is 0 Å². The maximum atomic E-state index is 5.28. The van der Waals surface area contributed by atoms with Gasteiger partial charge in [0.2, 0.25) is 0 Å². The second-order valence-corrected chi connectivity index (χ2v) is 2.16. The summed E-state index contributed by atoms with van der Waals surface area (Å²) in [5.74, 6) is 0.552. The minimum atomic E-state index is 0.552. The molecule has 0 aliphatic heterocycles. The lowest BCUT2D eigenvalue weighted by Crippen LogP contribution is -2.23. The minimum Gasteiger partial charge on any atom is -0.386 e. The molecule has 0 aliphatic rings. The van der Waals surface area contributed by atoms with Gasteiger partial charge in [-0.05, 0) is 19.5 Å². The molecule has 0 aromatic carbocycles. The van der Waals surface area contributed by atoms with Crippen molar-refractivity contribution in [2.45, 2.75) is 13.3 Å². The summed E-state index contributed by atoms with van der Waals surface area (Å²) in [6.07, 6.45) is 1.09. The Hall–Kier alpha value is -0.700. The molecule has 0 saturated carbocycles. The predicted molar refractivity (Wildman–Crippen MR) is 44.5 cm³/mol. The monoisotopic (exact) mass is 143 g/mol. The average Bonchev–Trinajstić information content (AvgIpc) is 1.87. The Morgan fingerprint density at radius 2 is 2.20 bits per heavy atom. The lowest BCUT2D eigenvalue weighted by molar-refractivity contribution is 0.642. The maximum Gasteiger partial charge on any atom is 0.0885 e. The second-order valence-electron chi connectivity index (χ2n) is 2.16. The first-order valence-electron chi connectivity index (χ1n) is 3.66. The predicted octanol–water partition coefficient (Wildman–Crippen LogP) is 0.00550. The van der Waals surface area contributed by atoms with Gasteiger partial charge in [0.25, 0.3) is 0 Å². The van der Waals surface area contributed by atoms with E-state index in [1.807, 2.05) is 0 Å². The molecule has 0 spiro atoms. The first-order chi connectivity index (χ1) is 4.77. The van der Waals surface area contributed by atoms with Crippen LogP contribution in [0.3, 0.4) is 0 Å². The van der Waals surface area contributed by atoms with Crippen LogP contribution in [0.2, 0.25) is 0 Å². The van der Waals surface area contributed by atoms with Crippen molar-refractivity contribution in [3.05, 3.63) is 12.4 Å². The Labute approximate surface area is 62.7 Å². The lowest BCUT2D eigenvalue weighted by Gasteiger charge is -2.04. The number of nitrogens with two attached hydrogens (primary N) is 1. The molecule has 3 nitrogen and oxygen atoms in total. The third kappa shape index (κ3) is 7.30. The SMILES string of the molecule is C=C(N)NCCCNCC. The minimum absolute atomic E-state index is 0.552. The van der Waals surface area contributed by atoms with Crippen molar-refractivity contribution in [3.8, 4) is 0 Å². The summed E-state index contributed by atoms with van der Waals surface area (Å²) in [6, 6.07) is 0. The van der Waals surface area contributed by atoms with Crippen molar-refractivity contribution in [1.82, 2.24) is 10.6 Å². The number of nitrogens with one attached hydrogen (secondary N) is 2. The molecule has 0 heterocycles. The Morgan fingerprint density at radius 3 is 2.70 bits per heavy atom. The van der Waals surface area contributed by atoms with Crippen molar-refractivity contribution in [2.24, 2.45) is 5.73 Å². The smallest absolute Gasteiger partial charge is 0.0885 e. The highest BCUT2D eigenvalue weighted by atomic mass is 15.0. The Morgan fingerprint density at radius 1 is 1.50 bits per heavy atom. The molecule has 10 heavy (non-hydrogen) atoms. The van der Waals surface area contributed by atoms with E-state index in [9.17, 15) is 0 Å². The lowest BCUT2D eigenvalue weighted by atomic mass is 10.4. The van der Waals surface area contributed by atoms with Gasteiger partial charge >= 0.3 is 0 Å². The van der Waals surface area contributed by atoms with E-state index >= 15 is 0 Å². The van der Waals surface area contributed by atoms with E-state index in [1.165, 1.54) is 0 Å². The summed E-state index contributed by atoms with van der Waals surface area (Å²) in [7, 11) is 0. The zero-order chi connectivity index (χ0) is 7.82. The van der Waals surface area contributed by atoms with Crippen LogP contribution in [0.5, 0.6) is 0 Å². The van der Waals surface area contributed by atoms with Crippen molar-refractivity contribution in [2.75, 3.05) is 19.6 Å². The van der Waals surface area contributed by atoms with Crippen LogP contribution in [0.25, 0.3) is 0 Å². The van der Waals surface area contributed by atoms with Crippen molar-refractivity contribution in [3.63, 3.8) is 0 Å². The summed E-state index contributed by atoms with van der Waals surface area (Å²) < 4.78 is 0. The number of hydrogen-bond donors (Lipinski definition) is 3. The first kappa shape index (κ1) is 9.30. The van der Waals surface area contributed by atoms with E-state index in [1.54, 1.807) is 0 Å². The maximum absolute atomic E-state index is 5.28. The van der Waals surface area contributed by atoms with E-state index in [2.05, 4.69) is 24.1 Å². The molecule has 0 aliphatic carbocycles. The third-order valence-corrected chi connectivity index (χ3v) is 1.13. The van der Waals surface area contributed by atoms with E-state index in [4.69, 9.17) is 5.73 Å². The Balaban J connectivity index is 2.84. The average molecular weight is 143 g/mol. The highest BCUT2D eigenvalue weighted by Crippen LogP contribution is 1.74. The van der Waals surface area contributed by atoms with Crippen LogP contribution in [0.4, 0.5) is 0 Å². The Kier molecular flexibility index (Phi) is 5.97. The molecule has 0 bridgehead atoms. The highest BCUT2D eigenvalue weighted by molar-refractivity contribution is 4.81. The largest absolute Gasteiger partial charge is 0.386 e. The fourth-order valence-electron chi connectivity index (χ4n) is 0.639. The van der Waals surface area contributed by atoms with Crippen LogP contribution in [0.15, 0.2) is 12.4 Å². The van der Waals surface area contributed by atoms with Gasteiger partial charge in [0.15, 0.2) is 0 Å². The molecule has 4 N–H and O–H groups in total. The molecule has 0 unspecified atom stereocenters. The van der Waals surface area contributed by atoms with Crippen LogP contribution in [0, 0.1) is 0 Å². The molecule has 0 saturated heterocycles. The normalized spacial score (nSPS) is 9.30. The molecule has 0 aromatic heterocycles. The zero-order valence-corrected chi connectivity index (χ0v) is 6.61. The Bertz CT molecular complexity index is 90.9. The van der Waals surface area contributed by atoms with Gasteiger partial charge in [0, 0.05) is 6.54 Å². The number of hydrogen-bond acceptors (Lipinski definition) is 3. The molecule has 60 valence electrons. The zero-order valence-electron chi connectivity index (χ0n) is 6.61. The van der Waals surface area contributed by atoms with Gasteiger partial charge in [-0.1, -0.05) is 13.5 Å². The van der Waals surface area contributed by atoms with Gasteiger partial charge < -0.3 is 16.4 Å². The van der Waals surface area contributed by atoms with Crippen LogP contribution in [-0.4, -0.2) is 19.6 Å². The standard InChI is InChI=1S/C7H17N3/c1-3-9-5-4-6-10-7(2)8/h9-10H,2-6,8H2,1H3. The topological polar surface area (TPSA) is 50.1 Å². The first-order valence-corrected chi connectivity index (χ1v) is 3.66. The third-order valence-electron chi connectivity index (χ3n) is 1.13. The summed E-state index contributed by atoms with van der Waals surface area (Å²) in [4.78, 5) is 0. The molecule has 0 atom stereocenters. The van der Waals surface area contributed by atoms with Crippen LogP contribution < -0.4 is 16.4 Å². The van der Waals surface area contributed by atoms with Gasteiger partial charge in [-0.15, -0.1) is 0 Å². The summed E-state index contributed by atoms with van der Waals surface area (Å²) in [6.45, 7) is 8.59. The van der Waals surface area contributed by atoms with Gasteiger partial charge in [0.05, 0.1) is 5.82 Å². The fourth-order valence-corrected chi connectivity index (χ4v) is 0.639. The highest BCUT2D eigenvalue weighted by Gasteiger charge is 1.85. The van der Waals surface area contributed by atoms with Crippen LogP contribution >= 0.6 is 0 Å². The molecule has 0 aromatic rings. The quantitative estimate of drug-likeness (QED) is 0.459. The van der Waals surface area contributed by atoms with E-state index in [0.29, 0.717) is 5.82 Å². The second kappa shape index (κ2) is 6.42. The van der Waals surface area contributed by atoms with Crippen molar-refractivity contribution >= 4 is 0 Å². The molecule has 0 radical (unpaired) electrons. The molecule has 0 fully saturated rings. The van der Waals surface area contributed by atoms with E-state index < -0.39 is 0 Å². The van der Waals surface area contributed by atoms with E-state index in [0.717, 1.165) is 26.1 Å². The summed E-state index contributed by atoms with van der Waals surface area (Å²) in [5, 5.41) is 6.16. The molecule has 0 rings (SSSR count). The van der Waals surface area contributed by atoms with Crippen LogP contribution in [0.1, 0.15) is 13.3 Å². The van der Waals surface area contributed by atoms with Gasteiger partial charge in [-0.3, -0.25) is 0 Å². The van der Waals surface area contributed by atoms with Gasteiger partial charge in [0.1, 0.15) is 0 Å². The van der Waals surface area contributed by atoms with Crippen LogP contribution in [-0.2, 0) is 0 Å². The van der Waals surface area contributed by atoms with Crippen molar-refractivity contribution in [1.29, 1.82) is 0 Å². The molecular formula is C7H17N3. The molecule has 0 amide bonds. The fraction of sp³-hybridized carbons (Fsp3) is 0.714. The molecule has 3 heteroatoms. The van der Waals surface area contributed by atoms with E-state index in [-0.39, 0.29) is 0 Å². The van der Waals surface area contributed by atoms with Crippen molar-refractivity contribution < 1.29 is 0 Å². The summed E-state index contributed by atoms with van der Waals surface area (Å²) >= 11 is 0. The summed E-state index contributed by atoms with van der Waals surface area (Å²) in [5.41, 5.74) is 5.28. The number of rotatable bonds is 6. The van der Waals surface area contributed by atoms with Gasteiger partial charge in [-0.25, -0.2) is 0 Å². The molecular weight excluding hydrogens is 126 g/mol.